The first-order valence-corrected chi connectivity index (χ1v) is 14.3. The number of nitro groups is 1. The summed E-state index contributed by atoms with van der Waals surface area (Å²) in [5, 5.41) is 20.7. The smallest absolute Gasteiger partial charge is 0.308 e. The van der Waals surface area contributed by atoms with E-state index in [1.54, 1.807) is 30.3 Å². The van der Waals surface area contributed by atoms with Crippen LogP contribution in [0.3, 0.4) is 0 Å². The number of rotatable bonds is 12. The fourth-order valence-electron chi connectivity index (χ4n) is 4.41. The molecule has 1 aromatic heterocycles. The molecule has 0 fully saturated rings. The number of azo groups is 1. The van der Waals surface area contributed by atoms with Crippen LogP contribution in [-0.4, -0.2) is 40.7 Å². The second-order valence-corrected chi connectivity index (χ2v) is 10.3. The second-order valence-electron chi connectivity index (χ2n) is 9.52. The number of aromatic nitrogens is 1. The van der Waals surface area contributed by atoms with Crippen molar-refractivity contribution >= 4 is 56.3 Å². The van der Waals surface area contributed by atoms with Crippen LogP contribution in [0.4, 0.5) is 22.1 Å². The Morgan fingerprint density at radius 1 is 0.930 bits per heavy atom. The molecule has 5 rings (SSSR count). The summed E-state index contributed by atoms with van der Waals surface area (Å²) in [6.07, 6.45) is 0.125. The minimum absolute atomic E-state index is 0.0301. The van der Waals surface area contributed by atoms with Gasteiger partial charge in [-0.15, -0.1) is 10.2 Å². The molecule has 4 aromatic carbocycles. The molecule has 0 saturated heterocycles. The normalized spacial score (nSPS) is 11.1. The highest BCUT2D eigenvalue weighted by Gasteiger charge is 2.14. The molecule has 1 heterocycles. The second kappa shape index (κ2) is 13.6. The Bertz CT molecular complexity index is 1770. The molecule has 0 unspecified atom stereocenters. The number of ketones is 1. The van der Waals surface area contributed by atoms with Crippen molar-refractivity contribution in [3.63, 3.8) is 0 Å². The predicted molar refractivity (Wildman–Crippen MR) is 167 cm³/mol. The van der Waals surface area contributed by atoms with Gasteiger partial charge in [-0.1, -0.05) is 54.6 Å². The Balaban J connectivity index is 1.12. The Kier molecular flexibility index (Phi) is 9.23. The number of nitro benzene ring substituents is 1. The number of Topliss-reactive ketones (excluding diaryl/α,β-unsaturated/α-hetero) is 1. The van der Waals surface area contributed by atoms with E-state index in [1.807, 2.05) is 66.4 Å². The summed E-state index contributed by atoms with van der Waals surface area (Å²) >= 11 is 1.12. The van der Waals surface area contributed by atoms with E-state index in [9.17, 15) is 19.7 Å². The van der Waals surface area contributed by atoms with Crippen LogP contribution < -0.4 is 4.90 Å². The number of fused-ring (bicyclic) bond motifs is 1. The van der Waals surface area contributed by atoms with E-state index in [4.69, 9.17) is 4.74 Å². The van der Waals surface area contributed by atoms with Gasteiger partial charge in [-0.3, -0.25) is 19.7 Å². The molecule has 0 saturated carbocycles. The first-order valence-electron chi connectivity index (χ1n) is 13.6. The van der Waals surface area contributed by atoms with E-state index in [2.05, 4.69) is 14.6 Å². The fourth-order valence-corrected chi connectivity index (χ4v) is 5.10. The summed E-state index contributed by atoms with van der Waals surface area (Å²) < 4.78 is 9.53. The van der Waals surface area contributed by atoms with Crippen molar-refractivity contribution in [2.75, 3.05) is 24.6 Å². The summed E-state index contributed by atoms with van der Waals surface area (Å²) in [5.74, 6) is -0.704. The maximum Gasteiger partial charge on any atom is 0.308 e. The van der Waals surface area contributed by atoms with Crippen LogP contribution in [0.5, 0.6) is 0 Å². The van der Waals surface area contributed by atoms with Gasteiger partial charge in [0.05, 0.1) is 22.5 Å². The van der Waals surface area contributed by atoms with E-state index in [0.717, 1.165) is 28.3 Å². The maximum atomic E-state index is 12.5. The highest BCUT2D eigenvalue weighted by molar-refractivity contribution is 7.11. The van der Waals surface area contributed by atoms with E-state index in [1.165, 1.54) is 12.1 Å². The Morgan fingerprint density at radius 2 is 1.65 bits per heavy atom. The zero-order valence-corrected chi connectivity index (χ0v) is 24.1. The van der Waals surface area contributed by atoms with Gasteiger partial charge in [0.1, 0.15) is 0 Å². The van der Waals surface area contributed by atoms with Crippen LogP contribution in [0.2, 0.25) is 0 Å². The summed E-state index contributed by atoms with van der Waals surface area (Å²) in [7, 11) is 0. The molecule has 0 amide bonds. The molecule has 0 spiro atoms. The summed E-state index contributed by atoms with van der Waals surface area (Å²) in [6.45, 7) is 2.75. The number of anilines is 1. The van der Waals surface area contributed by atoms with Crippen LogP contribution in [0, 0.1) is 10.1 Å². The summed E-state index contributed by atoms with van der Waals surface area (Å²) in [4.78, 5) is 37.6. The van der Waals surface area contributed by atoms with Crippen LogP contribution in [0.25, 0.3) is 22.0 Å². The molecular formula is C32H27N5O5S. The van der Waals surface area contributed by atoms with Gasteiger partial charge in [0.25, 0.3) is 5.69 Å². The van der Waals surface area contributed by atoms with Gasteiger partial charge >= 0.3 is 5.97 Å². The van der Waals surface area contributed by atoms with Crippen LogP contribution >= 0.6 is 11.5 Å². The molecule has 10 nitrogen and oxygen atoms in total. The van der Waals surface area contributed by atoms with E-state index < -0.39 is 10.9 Å². The Hall–Kier alpha value is -5.29. The van der Waals surface area contributed by atoms with Gasteiger partial charge in [0, 0.05) is 41.9 Å². The average Bonchev–Trinajstić information content (AvgIpc) is 3.46. The van der Waals surface area contributed by atoms with Gasteiger partial charge in [-0.25, -0.2) is 0 Å². The third-order valence-corrected chi connectivity index (χ3v) is 7.53. The lowest BCUT2D eigenvalue weighted by molar-refractivity contribution is -0.384. The largest absolute Gasteiger partial charge is 0.457 e. The van der Waals surface area contributed by atoms with Gasteiger partial charge in [0.15, 0.2) is 17.4 Å². The van der Waals surface area contributed by atoms with Gasteiger partial charge < -0.3 is 9.64 Å². The fraction of sp³-hybridized carbons (Fsp3) is 0.156. The molecule has 216 valence electrons. The van der Waals surface area contributed by atoms with Crippen molar-refractivity contribution in [2.24, 2.45) is 10.2 Å². The zero-order valence-electron chi connectivity index (χ0n) is 23.3. The third kappa shape index (κ3) is 7.32. The number of esters is 1. The van der Waals surface area contributed by atoms with Crippen molar-refractivity contribution in [1.82, 2.24) is 4.37 Å². The zero-order chi connectivity index (χ0) is 30.2. The number of carbonyl (C=O) groups is 2. The quantitative estimate of drug-likeness (QED) is 0.0472. The molecule has 5 aromatic rings. The van der Waals surface area contributed by atoms with Crippen molar-refractivity contribution in [1.29, 1.82) is 0 Å². The Morgan fingerprint density at radius 3 is 2.35 bits per heavy atom. The van der Waals surface area contributed by atoms with Crippen LogP contribution in [0.1, 0.15) is 23.7 Å². The van der Waals surface area contributed by atoms with Gasteiger partial charge in [-0.2, -0.15) is 4.37 Å². The lowest BCUT2D eigenvalue weighted by Crippen LogP contribution is -2.26. The number of ether oxygens (including phenoxy) is 1. The highest BCUT2D eigenvalue weighted by Crippen LogP contribution is 2.34. The van der Waals surface area contributed by atoms with Crippen LogP contribution in [-0.2, 0) is 9.53 Å². The molecule has 0 atom stereocenters. The minimum Gasteiger partial charge on any atom is -0.457 e. The maximum absolute atomic E-state index is 12.5. The first kappa shape index (κ1) is 29.2. The number of benzene rings is 4. The van der Waals surface area contributed by atoms with E-state index in [0.29, 0.717) is 40.2 Å². The molecule has 0 aliphatic heterocycles. The lowest BCUT2D eigenvalue weighted by atomic mass is 10.0. The van der Waals surface area contributed by atoms with Crippen molar-refractivity contribution in [3.8, 4) is 11.1 Å². The molecule has 0 aliphatic rings. The summed E-state index contributed by atoms with van der Waals surface area (Å²) in [5.41, 5.74) is 4.64. The van der Waals surface area contributed by atoms with Crippen molar-refractivity contribution < 1.29 is 19.2 Å². The van der Waals surface area contributed by atoms with Crippen LogP contribution in [0.15, 0.2) is 107 Å². The van der Waals surface area contributed by atoms with E-state index in [-0.39, 0.29) is 24.5 Å². The summed E-state index contributed by atoms with van der Waals surface area (Å²) in [6, 6.07) is 28.9. The van der Waals surface area contributed by atoms with Crippen molar-refractivity contribution in [2.45, 2.75) is 13.3 Å². The molecule has 43 heavy (non-hydrogen) atoms. The monoisotopic (exact) mass is 593 g/mol. The first-order chi connectivity index (χ1) is 20.9. The topological polar surface area (TPSA) is 127 Å². The SMILES string of the molecule is CCN(CCC(=O)OCC(=O)c1ccc(-c2ccccc2)cc1)c1ccc(N=Nc2snc3ccc([N+](=O)[O-])cc23)cc1. The molecule has 0 N–H and O–H groups in total. The number of hydrogen-bond donors (Lipinski definition) is 0. The van der Waals surface area contributed by atoms with Crippen molar-refractivity contribution in [3.05, 3.63) is 113 Å². The van der Waals surface area contributed by atoms with Gasteiger partial charge in [0.2, 0.25) is 0 Å². The minimum atomic E-state index is -0.457. The molecule has 0 radical (unpaired) electrons. The molecular weight excluding hydrogens is 566 g/mol. The van der Waals surface area contributed by atoms with Gasteiger partial charge in [-0.05, 0) is 59.9 Å². The predicted octanol–water partition coefficient (Wildman–Crippen LogP) is 7.93. The number of non-ortho nitro benzene ring substituents is 1. The molecule has 0 bridgehead atoms. The number of nitrogens with zero attached hydrogens (tertiary/aromatic N) is 5. The number of carbonyl (C=O) groups excluding carboxylic acids is 2. The molecule has 0 aliphatic carbocycles. The standard InChI is InChI=1S/C32H27N5O5S/c1-2-36(19-18-31(39)42-21-30(38)24-10-8-23(9-11-24)22-6-4-3-5-7-22)26-14-12-25(13-15-26)33-34-32-28-20-27(37(40)41)16-17-29(28)35-43-32/h3-17,20H,2,18-19,21H2,1H3. The average molecular weight is 594 g/mol. The third-order valence-electron chi connectivity index (χ3n) is 6.77. The van der Waals surface area contributed by atoms with E-state index >= 15 is 0 Å². The number of hydrogen-bond acceptors (Lipinski definition) is 10. The Labute approximate surface area is 251 Å². The molecule has 11 heteroatoms. The lowest BCUT2D eigenvalue weighted by Gasteiger charge is -2.22. The highest BCUT2D eigenvalue weighted by atomic mass is 32.1.